The average Bonchev–Trinajstić information content (AvgIpc) is 2.95. The minimum atomic E-state index is -0.797. The third-order valence-corrected chi connectivity index (χ3v) is 5.31. The summed E-state index contributed by atoms with van der Waals surface area (Å²) in [6.07, 6.45) is 9.33. The molecule has 1 aromatic rings. The van der Waals surface area contributed by atoms with E-state index in [2.05, 4.69) is 11.4 Å². The summed E-state index contributed by atoms with van der Waals surface area (Å²) in [7, 11) is 0. The van der Waals surface area contributed by atoms with Crippen LogP contribution in [0.1, 0.15) is 63.0 Å². The van der Waals surface area contributed by atoms with Crippen LogP contribution in [-0.4, -0.2) is 30.6 Å². The van der Waals surface area contributed by atoms with E-state index in [9.17, 15) is 9.59 Å². The first-order chi connectivity index (χ1) is 12.6. The molecule has 2 aliphatic rings. The van der Waals surface area contributed by atoms with Gasteiger partial charge in [-0.3, -0.25) is 4.79 Å². The number of rotatable bonds is 6. The molecule has 142 valence electrons. The fourth-order valence-electron chi connectivity index (χ4n) is 3.81. The van der Waals surface area contributed by atoms with Crippen LogP contribution in [0.2, 0.25) is 0 Å². The number of hydrogen-bond acceptors (Lipinski definition) is 4. The van der Waals surface area contributed by atoms with Gasteiger partial charge in [0.2, 0.25) is 0 Å². The van der Waals surface area contributed by atoms with Crippen LogP contribution in [0.3, 0.4) is 0 Å². The molecular formula is C21H29NO4. The lowest BCUT2D eigenvalue weighted by Gasteiger charge is -2.19. The predicted molar refractivity (Wildman–Crippen MR) is 99.1 cm³/mol. The van der Waals surface area contributed by atoms with Gasteiger partial charge in [-0.25, -0.2) is 4.79 Å². The molecule has 1 fully saturated rings. The molecule has 1 aromatic carbocycles. The molecule has 5 nitrogen and oxygen atoms in total. The monoisotopic (exact) mass is 359 g/mol. The van der Waals surface area contributed by atoms with Crippen LogP contribution in [0.4, 0.5) is 0 Å². The topological polar surface area (TPSA) is 64.6 Å². The van der Waals surface area contributed by atoms with Crippen molar-refractivity contribution >= 4 is 11.9 Å². The maximum absolute atomic E-state index is 12.2. The van der Waals surface area contributed by atoms with E-state index in [1.165, 1.54) is 30.4 Å². The SMILES string of the molecule is C[C@H](OC(=O)COc1ccc2c(c1)CCC2)C(=O)NC1CCCCCC1. The van der Waals surface area contributed by atoms with Crippen LogP contribution in [0, 0.1) is 0 Å². The minimum Gasteiger partial charge on any atom is -0.482 e. The molecule has 0 heterocycles. The Balaban J connectivity index is 1.41. The average molecular weight is 359 g/mol. The molecular weight excluding hydrogens is 330 g/mol. The Bertz CT molecular complexity index is 635. The largest absolute Gasteiger partial charge is 0.482 e. The molecule has 1 saturated carbocycles. The van der Waals surface area contributed by atoms with Crippen LogP contribution in [-0.2, 0) is 27.2 Å². The standard InChI is InChI=1S/C21H29NO4/c1-15(21(24)22-18-9-4-2-3-5-10-18)26-20(23)14-25-19-12-11-16-7-6-8-17(16)13-19/h11-13,15,18H,2-10,14H2,1H3,(H,22,24)/t15-/m0/s1. The normalized spacial score (nSPS) is 18.5. The maximum atomic E-state index is 12.2. The Morgan fingerprint density at radius 3 is 2.58 bits per heavy atom. The Morgan fingerprint density at radius 2 is 1.81 bits per heavy atom. The van der Waals surface area contributed by atoms with Crippen molar-refractivity contribution in [2.45, 2.75) is 76.9 Å². The van der Waals surface area contributed by atoms with Crippen molar-refractivity contribution in [2.24, 2.45) is 0 Å². The van der Waals surface area contributed by atoms with Crippen molar-refractivity contribution in [1.82, 2.24) is 5.32 Å². The Labute approximate surface area is 155 Å². The lowest BCUT2D eigenvalue weighted by molar-refractivity contribution is -0.156. The Hall–Kier alpha value is -2.04. The lowest BCUT2D eigenvalue weighted by Crippen LogP contribution is -2.42. The summed E-state index contributed by atoms with van der Waals surface area (Å²) < 4.78 is 10.8. The van der Waals surface area contributed by atoms with E-state index in [4.69, 9.17) is 9.47 Å². The van der Waals surface area contributed by atoms with Crippen molar-refractivity contribution in [3.63, 3.8) is 0 Å². The fraction of sp³-hybridized carbons (Fsp3) is 0.619. The van der Waals surface area contributed by atoms with Crippen LogP contribution in [0.5, 0.6) is 5.75 Å². The third kappa shape index (κ3) is 5.23. The highest BCUT2D eigenvalue weighted by atomic mass is 16.6. The first-order valence-corrected chi connectivity index (χ1v) is 9.86. The van der Waals surface area contributed by atoms with Crippen LogP contribution >= 0.6 is 0 Å². The zero-order valence-electron chi connectivity index (χ0n) is 15.6. The molecule has 0 radical (unpaired) electrons. The predicted octanol–water partition coefficient (Wildman–Crippen LogP) is 3.32. The molecule has 0 spiro atoms. The number of carbonyl (C=O) groups is 2. The first kappa shape index (κ1) is 18.7. The number of esters is 1. The molecule has 3 rings (SSSR count). The van der Waals surface area contributed by atoms with E-state index in [1.807, 2.05) is 12.1 Å². The number of aryl methyl sites for hydroxylation is 2. The minimum absolute atomic E-state index is 0.181. The zero-order chi connectivity index (χ0) is 18.4. The van der Waals surface area contributed by atoms with Gasteiger partial charge in [0, 0.05) is 6.04 Å². The van der Waals surface area contributed by atoms with E-state index in [0.717, 1.165) is 38.5 Å². The summed E-state index contributed by atoms with van der Waals surface area (Å²) in [6, 6.07) is 6.15. The van der Waals surface area contributed by atoms with Gasteiger partial charge in [-0.1, -0.05) is 31.7 Å². The molecule has 26 heavy (non-hydrogen) atoms. The molecule has 5 heteroatoms. The van der Waals surface area contributed by atoms with Gasteiger partial charge in [0.1, 0.15) is 5.75 Å². The lowest BCUT2D eigenvalue weighted by atomic mass is 10.1. The van der Waals surface area contributed by atoms with Crippen LogP contribution < -0.4 is 10.1 Å². The van der Waals surface area contributed by atoms with Crippen molar-refractivity contribution in [3.8, 4) is 5.75 Å². The maximum Gasteiger partial charge on any atom is 0.344 e. The van der Waals surface area contributed by atoms with E-state index in [-0.39, 0.29) is 18.6 Å². The number of hydrogen-bond donors (Lipinski definition) is 1. The van der Waals surface area contributed by atoms with Gasteiger partial charge in [-0.05, 0) is 62.3 Å². The van der Waals surface area contributed by atoms with Gasteiger partial charge in [-0.15, -0.1) is 0 Å². The van der Waals surface area contributed by atoms with Crippen LogP contribution in [0.15, 0.2) is 18.2 Å². The Kier molecular flexibility index (Phi) is 6.53. The number of ether oxygens (including phenoxy) is 2. The van der Waals surface area contributed by atoms with Gasteiger partial charge >= 0.3 is 5.97 Å². The molecule has 0 aliphatic heterocycles. The highest BCUT2D eigenvalue weighted by Gasteiger charge is 2.22. The van der Waals surface area contributed by atoms with Crippen molar-refractivity contribution in [1.29, 1.82) is 0 Å². The molecule has 0 bridgehead atoms. The highest BCUT2D eigenvalue weighted by molar-refractivity contribution is 5.83. The Morgan fingerprint density at radius 1 is 1.08 bits per heavy atom. The summed E-state index contributed by atoms with van der Waals surface area (Å²) in [5, 5.41) is 3.01. The van der Waals surface area contributed by atoms with Gasteiger partial charge in [-0.2, -0.15) is 0 Å². The first-order valence-electron chi connectivity index (χ1n) is 9.86. The highest BCUT2D eigenvalue weighted by Crippen LogP contribution is 2.26. The quantitative estimate of drug-likeness (QED) is 0.625. The molecule has 2 aliphatic carbocycles. The number of nitrogens with one attached hydrogen (secondary N) is 1. The summed E-state index contributed by atoms with van der Waals surface area (Å²) in [5.74, 6) is -0.0602. The van der Waals surface area contributed by atoms with Gasteiger partial charge in [0.25, 0.3) is 5.91 Å². The number of benzene rings is 1. The van der Waals surface area contributed by atoms with E-state index >= 15 is 0 Å². The summed E-state index contributed by atoms with van der Waals surface area (Å²) in [4.78, 5) is 24.2. The zero-order valence-corrected chi connectivity index (χ0v) is 15.6. The molecule has 1 atom stereocenters. The second-order valence-corrected chi connectivity index (χ2v) is 7.40. The second kappa shape index (κ2) is 9.06. The third-order valence-electron chi connectivity index (χ3n) is 5.31. The number of fused-ring (bicyclic) bond motifs is 1. The summed E-state index contributed by atoms with van der Waals surface area (Å²) in [6.45, 7) is 1.43. The summed E-state index contributed by atoms with van der Waals surface area (Å²) in [5.41, 5.74) is 2.66. The number of carbonyl (C=O) groups excluding carboxylic acids is 2. The summed E-state index contributed by atoms with van der Waals surface area (Å²) >= 11 is 0. The molecule has 0 saturated heterocycles. The fourth-order valence-corrected chi connectivity index (χ4v) is 3.81. The van der Waals surface area contributed by atoms with Gasteiger partial charge < -0.3 is 14.8 Å². The van der Waals surface area contributed by atoms with Crippen molar-refractivity contribution in [3.05, 3.63) is 29.3 Å². The van der Waals surface area contributed by atoms with Crippen molar-refractivity contribution < 1.29 is 19.1 Å². The van der Waals surface area contributed by atoms with E-state index < -0.39 is 12.1 Å². The van der Waals surface area contributed by atoms with Crippen molar-refractivity contribution in [2.75, 3.05) is 6.61 Å². The molecule has 1 N–H and O–H groups in total. The number of amides is 1. The van der Waals surface area contributed by atoms with E-state index in [0.29, 0.717) is 5.75 Å². The van der Waals surface area contributed by atoms with Gasteiger partial charge in [0.15, 0.2) is 12.7 Å². The molecule has 1 amide bonds. The van der Waals surface area contributed by atoms with Gasteiger partial charge in [0.05, 0.1) is 0 Å². The molecule has 0 unspecified atom stereocenters. The molecule has 0 aromatic heterocycles. The smallest absolute Gasteiger partial charge is 0.344 e. The van der Waals surface area contributed by atoms with Crippen LogP contribution in [0.25, 0.3) is 0 Å². The van der Waals surface area contributed by atoms with E-state index in [1.54, 1.807) is 6.92 Å². The second-order valence-electron chi connectivity index (χ2n) is 7.40.